The van der Waals surface area contributed by atoms with Gasteiger partial charge < -0.3 is 10.4 Å². The number of nitrogens with zero attached hydrogens (tertiary/aromatic N) is 2. The number of nitrogens with one attached hydrogen (secondary N) is 1. The number of rotatable bonds is 4. The van der Waals surface area contributed by atoms with Gasteiger partial charge in [-0.3, -0.25) is 9.69 Å². The molecule has 2 N–H and O–H groups in total. The number of aliphatic hydroxyl groups is 1. The fourth-order valence-electron chi connectivity index (χ4n) is 2.53. The number of carbonyl (C=O) groups excluding carboxylic acids is 1. The van der Waals surface area contributed by atoms with E-state index in [0.717, 1.165) is 18.5 Å². The second-order valence-electron chi connectivity index (χ2n) is 4.96. The molecule has 0 aliphatic carbocycles. The van der Waals surface area contributed by atoms with Crippen LogP contribution in [0.3, 0.4) is 0 Å². The van der Waals surface area contributed by atoms with Gasteiger partial charge in [0.2, 0.25) is 5.91 Å². The molecule has 2 unspecified atom stereocenters. The van der Waals surface area contributed by atoms with Crippen LogP contribution in [0.1, 0.15) is 30.6 Å². The Balaban J connectivity index is 2.04. The van der Waals surface area contributed by atoms with Gasteiger partial charge in [0, 0.05) is 19.6 Å². The summed E-state index contributed by atoms with van der Waals surface area (Å²) in [5.41, 5.74) is 1.34. The highest BCUT2D eigenvalue weighted by Gasteiger charge is 2.29. The van der Waals surface area contributed by atoms with Gasteiger partial charge in [-0.1, -0.05) is 19.1 Å². The fraction of sp³-hybridized carbons (Fsp3) is 0.467. The van der Waals surface area contributed by atoms with Crippen LogP contribution in [-0.2, 0) is 4.79 Å². The molecule has 1 aliphatic rings. The predicted octanol–water partition coefficient (Wildman–Crippen LogP) is 0.802. The van der Waals surface area contributed by atoms with E-state index in [2.05, 4.69) is 11.4 Å². The van der Waals surface area contributed by atoms with Crippen molar-refractivity contribution in [2.45, 2.75) is 25.5 Å². The van der Waals surface area contributed by atoms with Crippen LogP contribution in [0.2, 0.25) is 0 Å². The van der Waals surface area contributed by atoms with Crippen molar-refractivity contribution in [1.82, 2.24) is 10.2 Å². The maximum Gasteiger partial charge on any atom is 0.237 e. The van der Waals surface area contributed by atoms with Gasteiger partial charge in [0.25, 0.3) is 0 Å². The van der Waals surface area contributed by atoms with Crippen LogP contribution >= 0.6 is 0 Å². The molecule has 1 fully saturated rings. The van der Waals surface area contributed by atoms with E-state index in [1.54, 1.807) is 24.3 Å². The molecule has 0 bridgehead atoms. The van der Waals surface area contributed by atoms with Gasteiger partial charge in [0.1, 0.15) is 0 Å². The zero-order valence-electron chi connectivity index (χ0n) is 11.5. The lowest BCUT2D eigenvalue weighted by Crippen LogP contribution is -2.55. The van der Waals surface area contributed by atoms with Crippen LogP contribution < -0.4 is 5.32 Å². The molecule has 1 saturated heterocycles. The summed E-state index contributed by atoms with van der Waals surface area (Å²) in [7, 11) is 0. The molecule has 1 aliphatic heterocycles. The number of hydrogen-bond acceptors (Lipinski definition) is 4. The van der Waals surface area contributed by atoms with E-state index in [4.69, 9.17) is 5.26 Å². The predicted molar refractivity (Wildman–Crippen MR) is 74.8 cm³/mol. The zero-order chi connectivity index (χ0) is 14.5. The van der Waals surface area contributed by atoms with Crippen LogP contribution in [0.5, 0.6) is 0 Å². The van der Waals surface area contributed by atoms with E-state index in [0.29, 0.717) is 18.7 Å². The summed E-state index contributed by atoms with van der Waals surface area (Å²) in [6.45, 7) is 3.77. The molecule has 0 spiro atoms. The zero-order valence-corrected chi connectivity index (χ0v) is 11.5. The standard InChI is InChI=1S/C15H19N3O2/c1-2-13-15(20)17-7-8-18(13)10-14(19)12-5-3-11(9-16)4-6-12/h3-6,13-14,19H,2,7-8,10H2,1H3,(H,17,20). The van der Waals surface area contributed by atoms with Gasteiger partial charge >= 0.3 is 0 Å². The fourth-order valence-corrected chi connectivity index (χ4v) is 2.53. The molecule has 5 heteroatoms. The molecule has 1 aromatic carbocycles. The van der Waals surface area contributed by atoms with E-state index in [1.807, 2.05) is 11.8 Å². The van der Waals surface area contributed by atoms with Crippen molar-refractivity contribution in [2.24, 2.45) is 0 Å². The largest absolute Gasteiger partial charge is 0.387 e. The minimum absolute atomic E-state index is 0.0331. The summed E-state index contributed by atoms with van der Waals surface area (Å²) in [6, 6.07) is 8.78. The Morgan fingerprint density at radius 2 is 2.20 bits per heavy atom. The number of aliphatic hydroxyl groups excluding tert-OH is 1. The number of nitriles is 1. The minimum Gasteiger partial charge on any atom is -0.387 e. The van der Waals surface area contributed by atoms with Gasteiger partial charge in [-0.25, -0.2) is 0 Å². The number of β-amino-alcohol motifs (C(OH)–C–C–N with tert-alkyl or cyclic N) is 1. The monoisotopic (exact) mass is 273 g/mol. The maximum absolute atomic E-state index is 11.8. The van der Waals surface area contributed by atoms with Gasteiger partial charge in [-0.2, -0.15) is 5.26 Å². The first-order valence-electron chi connectivity index (χ1n) is 6.85. The van der Waals surface area contributed by atoms with Crippen LogP contribution in [0.4, 0.5) is 0 Å². The van der Waals surface area contributed by atoms with Crippen molar-refractivity contribution in [3.05, 3.63) is 35.4 Å². The van der Waals surface area contributed by atoms with Crippen molar-refractivity contribution in [3.63, 3.8) is 0 Å². The number of carbonyl (C=O) groups is 1. The molecule has 20 heavy (non-hydrogen) atoms. The smallest absolute Gasteiger partial charge is 0.237 e. The summed E-state index contributed by atoms with van der Waals surface area (Å²) in [6.07, 6.45) is 0.0778. The van der Waals surface area contributed by atoms with Gasteiger partial charge in [0.15, 0.2) is 0 Å². The first kappa shape index (κ1) is 14.5. The van der Waals surface area contributed by atoms with E-state index in [1.165, 1.54) is 0 Å². The van der Waals surface area contributed by atoms with Crippen LogP contribution in [0.15, 0.2) is 24.3 Å². The highest BCUT2D eigenvalue weighted by Crippen LogP contribution is 2.18. The summed E-state index contributed by atoms with van der Waals surface area (Å²) in [5, 5.41) is 21.9. The molecule has 0 saturated carbocycles. The lowest BCUT2D eigenvalue weighted by Gasteiger charge is -2.35. The molecule has 2 rings (SSSR count). The quantitative estimate of drug-likeness (QED) is 0.851. The highest BCUT2D eigenvalue weighted by molar-refractivity contribution is 5.82. The third kappa shape index (κ3) is 3.16. The van der Waals surface area contributed by atoms with Crippen molar-refractivity contribution in [2.75, 3.05) is 19.6 Å². The average Bonchev–Trinajstić information content (AvgIpc) is 2.47. The Morgan fingerprint density at radius 1 is 1.50 bits per heavy atom. The van der Waals surface area contributed by atoms with Crippen molar-refractivity contribution < 1.29 is 9.90 Å². The lowest BCUT2D eigenvalue weighted by molar-refractivity contribution is -0.129. The second kappa shape index (κ2) is 6.51. The Kier molecular flexibility index (Phi) is 4.72. The molecule has 0 aromatic heterocycles. The average molecular weight is 273 g/mol. The SMILES string of the molecule is CCC1C(=O)NCCN1CC(O)c1ccc(C#N)cc1. The van der Waals surface area contributed by atoms with Gasteiger partial charge in [0.05, 0.1) is 23.8 Å². The van der Waals surface area contributed by atoms with Crippen LogP contribution in [0.25, 0.3) is 0 Å². The van der Waals surface area contributed by atoms with E-state index < -0.39 is 6.10 Å². The van der Waals surface area contributed by atoms with E-state index >= 15 is 0 Å². The summed E-state index contributed by atoms with van der Waals surface area (Å²) >= 11 is 0. The third-order valence-corrected chi connectivity index (χ3v) is 3.66. The van der Waals surface area contributed by atoms with E-state index in [-0.39, 0.29) is 11.9 Å². The van der Waals surface area contributed by atoms with Crippen molar-refractivity contribution in [1.29, 1.82) is 5.26 Å². The Morgan fingerprint density at radius 3 is 2.80 bits per heavy atom. The van der Waals surface area contributed by atoms with Gasteiger partial charge in [-0.15, -0.1) is 0 Å². The molecule has 1 aromatic rings. The number of hydrogen-bond donors (Lipinski definition) is 2. The molecule has 106 valence electrons. The maximum atomic E-state index is 11.8. The van der Waals surface area contributed by atoms with E-state index in [9.17, 15) is 9.90 Å². The van der Waals surface area contributed by atoms with Crippen LogP contribution in [0, 0.1) is 11.3 Å². The molecule has 1 amide bonds. The molecule has 2 atom stereocenters. The Bertz CT molecular complexity index is 507. The normalized spacial score (nSPS) is 21.1. The van der Waals surface area contributed by atoms with Crippen molar-refractivity contribution >= 4 is 5.91 Å². The molecule has 0 radical (unpaired) electrons. The summed E-state index contributed by atoms with van der Waals surface area (Å²) < 4.78 is 0. The third-order valence-electron chi connectivity index (χ3n) is 3.66. The molecular weight excluding hydrogens is 254 g/mol. The summed E-state index contributed by atoms with van der Waals surface area (Å²) in [4.78, 5) is 13.8. The Labute approximate surface area is 118 Å². The summed E-state index contributed by atoms with van der Waals surface area (Å²) in [5.74, 6) is 0.0331. The molecule has 1 heterocycles. The first-order valence-corrected chi connectivity index (χ1v) is 6.85. The second-order valence-corrected chi connectivity index (χ2v) is 4.96. The molecule has 5 nitrogen and oxygen atoms in total. The highest BCUT2D eigenvalue weighted by atomic mass is 16.3. The van der Waals surface area contributed by atoms with Crippen LogP contribution in [-0.4, -0.2) is 41.6 Å². The lowest BCUT2D eigenvalue weighted by atomic mass is 10.0. The number of amides is 1. The Hall–Kier alpha value is -1.90. The van der Waals surface area contributed by atoms with Gasteiger partial charge in [-0.05, 0) is 24.1 Å². The van der Waals surface area contributed by atoms with Crippen molar-refractivity contribution in [3.8, 4) is 6.07 Å². The number of benzene rings is 1. The topological polar surface area (TPSA) is 76.4 Å². The number of piperazine rings is 1. The minimum atomic E-state index is -0.650. The molecular formula is C15H19N3O2. The first-order chi connectivity index (χ1) is 9.65.